The number of piperazine rings is 2. The van der Waals surface area contributed by atoms with E-state index in [0.717, 1.165) is 53.7 Å². The molecule has 4 aliphatic rings. The fourth-order valence-corrected chi connectivity index (χ4v) is 8.28. The van der Waals surface area contributed by atoms with Gasteiger partial charge in [-0.05, 0) is 89.1 Å². The molecule has 16 nitrogen and oxygen atoms in total. The highest BCUT2D eigenvalue weighted by atomic mass is 35.5. The third-order valence-corrected chi connectivity index (χ3v) is 12.0. The standard InChI is InChI=1S/C24H23ClF4N4O4.C19H22F3N3O4.C5H2ClF2N.CH4/c1-22(2,3)37-21(36)31-12-23(13-31)20(35)32(19-17(26)8-16(25)9-30-19)11-18(34)33(23)10-14-4-6-15(7-5-14)24(27,28)29;1-17(2,3)29-16(28)24-10-18(11-24)15(27)23-8-14(26)25(18)9-12-4-6-13(7-5-12)19(20,21)22;6-3-1-4(7)5(8)9-2-3;/h4-9H,10-13H2,1-3H3;4-7H,8-11H2,1-3H3,(H,23,27);1-2H;1H4. The Bertz CT molecular complexity index is 2840. The molecular formula is C49H51Cl2F9N8O8. The molecule has 4 aromatic rings. The second-order valence-corrected chi connectivity index (χ2v) is 20.4. The molecule has 6 heterocycles. The lowest BCUT2D eigenvalue weighted by atomic mass is 9.83. The predicted octanol–water partition coefficient (Wildman–Crippen LogP) is 9.06. The van der Waals surface area contributed by atoms with Gasteiger partial charge in [0, 0.05) is 25.5 Å². The van der Waals surface area contributed by atoms with Crippen LogP contribution in [0.5, 0.6) is 0 Å². The average molecular weight is 1120 g/mol. The number of ether oxygens (including phenoxy) is 2. The van der Waals surface area contributed by atoms with E-state index in [0.29, 0.717) is 11.1 Å². The van der Waals surface area contributed by atoms with Crippen molar-refractivity contribution in [1.82, 2.24) is 34.9 Å². The van der Waals surface area contributed by atoms with Gasteiger partial charge in [0.1, 0.15) is 17.7 Å². The Morgan fingerprint density at radius 1 is 0.632 bits per heavy atom. The molecule has 2 aromatic carbocycles. The first-order chi connectivity index (χ1) is 34.6. The van der Waals surface area contributed by atoms with Gasteiger partial charge >= 0.3 is 24.5 Å². The number of pyridine rings is 2. The van der Waals surface area contributed by atoms with E-state index in [2.05, 4.69) is 15.3 Å². The second-order valence-electron chi connectivity index (χ2n) is 19.5. The molecule has 4 saturated heterocycles. The van der Waals surface area contributed by atoms with E-state index >= 15 is 0 Å². The Kier molecular flexibility index (Phi) is 17.7. The molecule has 8 rings (SSSR count). The number of aromatic nitrogens is 2. The van der Waals surface area contributed by atoms with Crippen LogP contribution >= 0.6 is 23.2 Å². The van der Waals surface area contributed by atoms with Crippen LogP contribution in [0.4, 0.5) is 54.9 Å². The first-order valence-corrected chi connectivity index (χ1v) is 23.1. The highest BCUT2D eigenvalue weighted by Gasteiger charge is 2.62. The van der Waals surface area contributed by atoms with Crippen molar-refractivity contribution in [3.8, 4) is 0 Å². The van der Waals surface area contributed by atoms with Gasteiger partial charge < -0.3 is 34.4 Å². The molecular weight excluding hydrogens is 1070 g/mol. The van der Waals surface area contributed by atoms with E-state index in [1.54, 1.807) is 41.5 Å². The van der Waals surface area contributed by atoms with Crippen LogP contribution in [0.15, 0.2) is 73.1 Å². The van der Waals surface area contributed by atoms with Gasteiger partial charge in [0.2, 0.25) is 23.7 Å². The van der Waals surface area contributed by atoms with Crippen LogP contribution in [0.25, 0.3) is 0 Å². The Labute approximate surface area is 440 Å². The van der Waals surface area contributed by atoms with Crippen LogP contribution in [-0.2, 0) is 54.1 Å². The maximum absolute atomic E-state index is 14.6. The van der Waals surface area contributed by atoms with Crippen LogP contribution in [0.2, 0.25) is 10.0 Å². The molecule has 6 amide bonds. The smallest absolute Gasteiger partial charge is 0.416 e. The maximum Gasteiger partial charge on any atom is 0.416 e. The van der Waals surface area contributed by atoms with Crippen molar-refractivity contribution >= 4 is 64.8 Å². The highest BCUT2D eigenvalue weighted by molar-refractivity contribution is 6.30. The Balaban J connectivity index is 0.000000243. The normalized spacial score (nSPS) is 17.1. The van der Waals surface area contributed by atoms with Crippen molar-refractivity contribution in [2.45, 2.75) is 96.7 Å². The monoisotopic (exact) mass is 1120 g/mol. The number of amides is 6. The number of carbonyl (C=O) groups is 6. The molecule has 0 bridgehead atoms. The number of halogens is 11. The van der Waals surface area contributed by atoms with Crippen molar-refractivity contribution in [3.05, 3.63) is 123 Å². The summed E-state index contributed by atoms with van der Waals surface area (Å²) in [7, 11) is 0. The summed E-state index contributed by atoms with van der Waals surface area (Å²) in [6, 6.07) is 10.4. The number of nitrogens with zero attached hydrogens (tertiary/aromatic N) is 7. The first kappa shape index (κ1) is 60.0. The number of carbonyl (C=O) groups excluding carboxylic acids is 6. The van der Waals surface area contributed by atoms with E-state index in [1.165, 1.54) is 43.9 Å². The van der Waals surface area contributed by atoms with Gasteiger partial charge in [0.05, 0.1) is 53.9 Å². The average Bonchev–Trinajstić information content (AvgIpc) is 3.25. The van der Waals surface area contributed by atoms with E-state index < -0.39 is 106 Å². The van der Waals surface area contributed by atoms with E-state index in [1.807, 2.05) is 0 Å². The zero-order chi connectivity index (χ0) is 55.8. The predicted molar refractivity (Wildman–Crippen MR) is 256 cm³/mol. The van der Waals surface area contributed by atoms with E-state index in [-0.39, 0.29) is 69.2 Å². The molecule has 0 aliphatic carbocycles. The third-order valence-electron chi connectivity index (χ3n) is 11.6. The molecule has 412 valence electrons. The minimum atomic E-state index is -4.53. The lowest BCUT2D eigenvalue weighted by Crippen LogP contribution is -2.81. The van der Waals surface area contributed by atoms with Crippen LogP contribution in [0.1, 0.15) is 71.2 Å². The van der Waals surface area contributed by atoms with Crippen molar-refractivity contribution in [3.63, 3.8) is 0 Å². The van der Waals surface area contributed by atoms with Gasteiger partial charge in [-0.25, -0.2) is 28.3 Å². The van der Waals surface area contributed by atoms with Crippen LogP contribution in [0.3, 0.4) is 0 Å². The number of alkyl halides is 6. The Morgan fingerprint density at radius 2 is 1.04 bits per heavy atom. The number of hydrogen-bond donors (Lipinski definition) is 1. The molecule has 76 heavy (non-hydrogen) atoms. The number of likely N-dealkylation sites (tertiary alicyclic amines) is 2. The summed E-state index contributed by atoms with van der Waals surface area (Å²) in [6.45, 7) is 8.58. The van der Waals surface area contributed by atoms with Crippen LogP contribution < -0.4 is 10.2 Å². The molecule has 4 aliphatic heterocycles. The van der Waals surface area contributed by atoms with Crippen LogP contribution in [0, 0.1) is 17.6 Å². The molecule has 4 fully saturated rings. The Morgan fingerprint density at radius 3 is 1.43 bits per heavy atom. The quantitative estimate of drug-likeness (QED) is 0.150. The summed E-state index contributed by atoms with van der Waals surface area (Å²) in [4.78, 5) is 89.7. The summed E-state index contributed by atoms with van der Waals surface area (Å²) in [6.07, 6.45) is -8.12. The van der Waals surface area contributed by atoms with E-state index in [4.69, 9.17) is 32.7 Å². The largest absolute Gasteiger partial charge is 0.444 e. The molecule has 0 unspecified atom stereocenters. The topological polar surface area (TPSA) is 175 Å². The number of anilines is 1. The van der Waals surface area contributed by atoms with Crippen molar-refractivity contribution in [2.75, 3.05) is 44.2 Å². The maximum atomic E-state index is 14.6. The lowest BCUT2D eigenvalue weighted by molar-refractivity contribution is -0.166. The minimum Gasteiger partial charge on any atom is -0.444 e. The van der Waals surface area contributed by atoms with Crippen molar-refractivity contribution in [2.24, 2.45) is 0 Å². The highest BCUT2D eigenvalue weighted by Crippen LogP contribution is 2.39. The summed E-state index contributed by atoms with van der Waals surface area (Å²) >= 11 is 11.0. The van der Waals surface area contributed by atoms with Crippen LogP contribution in [-0.4, -0.2) is 127 Å². The number of hydrogen-bond acceptors (Lipinski definition) is 10. The van der Waals surface area contributed by atoms with Crippen molar-refractivity contribution < 1.29 is 77.8 Å². The number of rotatable bonds is 5. The molecule has 0 radical (unpaired) electrons. The fourth-order valence-electron chi connectivity index (χ4n) is 7.99. The summed E-state index contributed by atoms with van der Waals surface area (Å²) < 4.78 is 126. The van der Waals surface area contributed by atoms with Gasteiger partial charge in [-0.2, -0.15) is 30.7 Å². The lowest BCUT2D eigenvalue weighted by Gasteiger charge is -2.57. The van der Waals surface area contributed by atoms with Gasteiger partial charge in [-0.1, -0.05) is 54.9 Å². The molecule has 27 heteroatoms. The zero-order valence-corrected chi connectivity index (χ0v) is 42.2. The number of nitrogens with one attached hydrogen (secondary N) is 1. The molecule has 0 atom stereocenters. The minimum absolute atomic E-state index is 0. The number of benzene rings is 2. The van der Waals surface area contributed by atoms with Gasteiger partial charge in [-0.3, -0.25) is 24.1 Å². The first-order valence-electron chi connectivity index (χ1n) is 22.4. The van der Waals surface area contributed by atoms with Gasteiger partial charge in [-0.15, -0.1) is 0 Å². The summed E-state index contributed by atoms with van der Waals surface area (Å²) in [5, 5.41) is 2.61. The molecule has 2 aromatic heterocycles. The molecule has 0 saturated carbocycles. The third kappa shape index (κ3) is 13.7. The van der Waals surface area contributed by atoms with Gasteiger partial charge in [0.25, 0.3) is 5.91 Å². The molecule has 1 N–H and O–H groups in total. The summed E-state index contributed by atoms with van der Waals surface area (Å²) in [5.74, 6) is -5.51. The fraction of sp³-hybridized carbons (Fsp3) is 0.429. The molecule has 2 spiro atoms. The SMILES string of the molecule is C.CC(C)(C)OC(=O)N1CC2(C1)C(=O)N(c1ncc(Cl)cc1F)CC(=O)N2Cc1ccc(C(F)(F)F)cc1.CC(C)(C)OC(=O)N1CC2(C1)C(=O)NCC(=O)N2Cc1ccc(C(F)(F)F)cc1.Fc1cc(Cl)cnc1F. The zero-order valence-electron chi connectivity index (χ0n) is 40.6. The van der Waals surface area contributed by atoms with Crippen molar-refractivity contribution in [1.29, 1.82) is 0 Å². The second kappa shape index (κ2) is 22.4. The Hall–Kier alpha value is -6.89. The van der Waals surface area contributed by atoms with Gasteiger partial charge in [0.15, 0.2) is 28.5 Å². The van der Waals surface area contributed by atoms with E-state index in [9.17, 15) is 68.3 Å². The summed E-state index contributed by atoms with van der Waals surface area (Å²) in [5.41, 5.74) is -5.22.